The molecule has 1 aromatic heterocycles. The second-order valence-electron chi connectivity index (χ2n) is 5.14. The Morgan fingerprint density at radius 3 is 3.06 bits per heavy atom. The molecule has 1 aromatic rings. The SMILES string of the molecule is C[C@H](NC(=O)C1CCCC(N)C1)c1cccnc1. The van der Waals surface area contributed by atoms with Gasteiger partial charge in [-0.25, -0.2) is 0 Å². The highest BCUT2D eigenvalue weighted by molar-refractivity contribution is 5.79. The lowest BCUT2D eigenvalue weighted by Gasteiger charge is -2.27. The van der Waals surface area contributed by atoms with E-state index in [1.165, 1.54) is 0 Å². The zero-order valence-electron chi connectivity index (χ0n) is 10.8. The van der Waals surface area contributed by atoms with Crippen LogP contribution in [0.2, 0.25) is 0 Å². The molecule has 2 unspecified atom stereocenters. The van der Waals surface area contributed by atoms with E-state index in [0.29, 0.717) is 0 Å². The van der Waals surface area contributed by atoms with Gasteiger partial charge in [0.05, 0.1) is 6.04 Å². The first-order valence-electron chi connectivity index (χ1n) is 6.62. The van der Waals surface area contributed by atoms with Crippen molar-refractivity contribution < 1.29 is 4.79 Å². The molecular weight excluding hydrogens is 226 g/mol. The summed E-state index contributed by atoms with van der Waals surface area (Å²) in [5, 5.41) is 3.05. The molecule has 0 radical (unpaired) electrons. The molecule has 3 atom stereocenters. The van der Waals surface area contributed by atoms with Crippen molar-refractivity contribution in [2.24, 2.45) is 11.7 Å². The van der Waals surface area contributed by atoms with Crippen molar-refractivity contribution in [1.82, 2.24) is 10.3 Å². The fraction of sp³-hybridized carbons (Fsp3) is 0.571. The van der Waals surface area contributed by atoms with Crippen LogP contribution in [0.15, 0.2) is 24.5 Å². The molecule has 0 bridgehead atoms. The van der Waals surface area contributed by atoms with Crippen LogP contribution in [0, 0.1) is 5.92 Å². The van der Waals surface area contributed by atoms with Gasteiger partial charge in [0.25, 0.3) is 0 Å². The van der Waals surface area contributed by atoms with E-state index in [1.54, 1.807) is 12.4 Å². The van der Waals surface area contributed by atoms with Gasteiger partial charge in [-0.1, -0.05) is 12.5 Å². The van der Waals surface area contributed by atoms with Crippen LogP contribution in [0.5, 0.6) is 0 Å². The van der Waals surface area contributed by atoms with E-state index in [2.05, 4.69) is 10.3 Å². The molecule has 4 nitrogen and oxygen atoms in total. The Kier molecular flexibility index (Phi) is 4.31. The molecule has 0 aliphatic heterocycles. The molecular formula is C14H21N3O. The van der Waals surface area contributed by atoms with Crippen LogP contribution < -0.4 is 11.1 Å². The van der Waals surface area contributed by atoms with E-state index in [-0.39, 0.29) is 23.9 Å². The minimum Gasteiger partial charge on any atom is -0.349 e. The zero-order chi connectivity index (χ0) is 13.0. The average molecular weight is 247 g/mol. The summed E-state index contributed by atoms with van der Waals surface area (Å²) in [6.07, 6.45) is 7.39. The number of nitrogens with zero attached hydrogens (tertiary/aromatic N) is 1. The van der Waals surface area contributed by atoms with Crippen LogP contribution in [-0.4, -0.2) is 16.9 Å². The maximum Gasteiger partial charge on any atom is 0.223 e. The summed E-state index contributed by atoms with van der Waals surface area (Å²) in [6.45, 7) is 1.98. The van der Waals surface area contributed by atoms with Crippen LogP contribution in [0.1, 0.15) is 44.2 Å². The molecule has 1 aliphatic carbocycles. The molecule has 18 heavy (non-hydrogen) atoms. The minimum atomic E-state index is 0.00403. The molecule has 3 N–H and O–H groups in total. The molecule has 1 amide bonds. The van der Waals surface area contributed by atoms with Gasteiger partial charge in [0.15, 0.2) is 0 Å². The molecule has 4 heteroatoms. The molecule has 0 saturated heterocycles. The number of amides is 1. The smallest absolute Gasteiger partial charge is 0.223 e. The third-order valence-electron chi connectivity index (χ3n) is 3.63. The summed E-state index contributed by atoms with van der Waals surface area (Å²) in [4.78, 5) is 16.2. The number of nitrogens with two attached hydrogens (primary N) is 1. The number of nitrogens with one attached hydrogen (secondary N) is 1. The van der Waals surface area contributed by atoms with Crippen LogP contribution in [-0.2, 0) is 4.79 Å². The second kappa shape index (κ2) is 5.96. The largest absolute Gasteiger partial charge is 0.349 e. The topological polar surface area (TPSA) is 68.0 Å². The third-order valence-corrected chi connectivity index (χ3v) is 3.63. The van der Waals surface area contributed by atoms with E-state index >= 15 is 0 Å². The minimum absolute atomic E-state index is 0.00403. The fourth-order valence-electron chi connectivity index (χ4n) is 2.51. The van der Waals surface area contributed by atoms with Gasteiger partial charge < -0.3 is 11.1 Å². The molecule has 1 saturated carbocycles. The summed E-state index contributed by atoms with van der Waals surface area (Å²) in [5.74, 6) is 0.203. The maximum absolute atomic E-state index is 12.1. The van der Waals surface area contributed by atoms with Crippen molar-refractivity contribution in [2.75, 3.05) is 0 Å². The van der Waals surface area contributed by atoms with Gasteiger partial charge in [0, 0.05) is 24.4 Å². The van der Waals surface area contributed by atoms with E-state index in [9.17, 15) is 4.79 Å². The number of hydrogen-bond donors (Lipinski definition) is 2. The van der Waals surface area contributed by atoms with Gasteiger partial charge in [0.1, 0.15) is 0 Å². The third kappa shape index (κ3) is 3.29. The Morgan fingerprint density at radius 2 is 2.39 bits per heavy atom. The van der Waals surface area contributed by atoms with Crippen molar-refractivity contribution in [3.05, 3.63) is 30.1 Å². The van der Waals surface area contributed by atoms with Crippen LogP contribution in [0.25, 0.3) is 0 Å². The molecule has 1 heterocycles. The van der Waals surface area contributed by atoms with Gasteiger partial charge in [-0.15, -0.1) is 0 Å². The quantitative estimate of drug-likeness (QED) is 0.855. The Bertz CT molecular complexity index is 393. The van der Waals surface area contributed by atoms with Crippen molar-refractivity contribution in [1.29, 1.82) is 0 Å². The van der Waals surface area contributed by atoms with Gasteiger partial charge in [0.2, 0.25) is 5.91 Å². The summed E-state index contributed by atoms with van der Waals surface area (Å²) < 4.78 is 0. The summed E-state index contributed by atoms with van der Waals surface area (Å²) in [7, 11) is 0. The van der Waals surface area contributed by atoms with E-state index in [1.807, 2.05) is 19.1 Å². The monoisotopic (exact) mass is 247 g/mol. The van der Waals surface area contributed by atoms with E-state index in [4.69, 9.17) is 5.73 Å². The lowest BCUT2D eigenvalue weighted by atomic mass is 9.85. The van der Waals surface area contributed by atoms with Crippen LogP contribution >= 0.6 is 0 Å². The average Bonchev–Trinajstić information content (AvgIpc) is 2.39. The number of hydrogen-bond acceptors (Lipinski definition) is 3. The first-order chi connectivity index (χ1) is 8.66. The lowest BCUT2D eigenvalue weighted by Crippen LogP contribution is -2.38. The second-order valence-corrected chi connectivity index (χ2v) is 5.14. The van der Waals surface area contributed by atoms with Crippen molar-refractivity contribution in [3.8, 4) is 0 Å². The molecule has 0 aromatic carbocycles. The van der Waals surface area contributed by atoms with Crippen LogP contribution in [0.3, 0.4) is 0 Å². The number of pyridine rings is 1. The van der Waals surface area contributed by atoms with Gasteiger partial charge in [-0.05, 0) is 37.8 Å². The lowest BCUT2D eigenvalue weighted by molar-refractivity contribution is -0.126. The Labute approximate surface area is 108 Å². The predicted molar refractivity (Wildman–Crippen MR) is 70.7 cm³/mol. The highest BCUT2D eigenvalue weighted by Crippen LogP contribution is 2.24. The molecule has 1 fully saturated rings. The van der Waals surface area contributed by atoms with Crippen molar-refractivity contribution in [2.45, 2.75) is 44.7 Å². The van der Waals surface area contributed by atoms with Crippen molar-refractivity contribution in [3.63, 3.8) is 0 Å². The molecule has 2 rings (SSSR count). The first-order valence-corrected chi connectivity index (χ1v) is 6.62. The van der Waals surface area contributed by atoms with Crippen molar-refractivity contribution >= 4 is 5.91 Å². The molecule has 1 aliphatic rings. The first kappa shape index (κ1) is 13.0. The fourth-order valence-corrected chi connectivity index (χ4v) is 2.51. The van der Waals surface area contributed by atoms with Crippen LogP contribution in [0.4, 0.5) is 0 Å². The van der Waals surface area contributed by atoms with Gasteiger partial charge in [-0.2, -0.15) is 0 Å². The maximum atomic E-state index is 12.1. The summed E-state index contributed by atoms with van der Waals surface area (Å²) >= 11 is 0. The normalized spacial score (nSPS) is 25.4. The Balaban J connectivity index is 1.91. The highest BCUT2D eigenvalue weighted by atomic mass is 16.1. The highest BCUT2D eigenvalue weighted by Gasteiger charge is 2.26. The molecule has 98 valence electrons. The molecule has 0 spiro atoms. The zero-order valence-corrected chi connectivity index (χ0v) is 10.8. The van der Waals surface area contributed by atoms with Gasteiger partial charge in [-0.3, -0.25) is 9.78 Å². The summed E-state index contributed by atoms with van der Waals surface area (Å²) in [6, 6.07) is 4.05. The van der Waals surface area contributed by atoms with E-state index < -0.39 is 0 Å². The Morgan fingerprint density at radius 1 is 1.56 bits per heavy atom. The predicted octanol–water partition coefficient (Wildman–Crippen LogP) is 1.78. The van der Waals surface area contributed by atoms with Gasteiger partial charge >= 0.3 is 0 Å². The number of carbonyl (C=O) groups excluding carboxylic acids is 1. The standard InChI is InChI=1S/C14H21N3O/c1-10(12-5-3-7-16-9-12)17-14(18)11-4-2-6-13(15)8-11/h3,5,7,9-11,13H,2,4,6,8,15H2,1H3,(H,17,18)/t10-,11?,13?/m0/s1. The summed E-state index contributed by atoms with van der Waals surface area (Å²) in [5.41, 5.74) is 6.95. The number of carbonyl (C=O) groups is 1. The Hall–Kier alpha value is -1.42. The number of aromatic nitrogens is 1. The number of rotatable bonds is 3. The van der Waals surface area contributed by atoms with E-state index in [0.717, 1.165) is 31.2 Å².